The first kappa shape index (κ1) is 17.8. The number of amides is 1. The number of primary amides is 1. The Morgan fingerprint density at radius 2 is 2.00 bits per heavy atom. The third kappa shape index (κ3) is 2.91. The summed E-state index contributed by atoms with van der Waals surface area (Å²) < 4.78 is 2.16. The number of aryl methyl sites for hydroxylation is 1. The van der Waals surface area contributed by atoms with Crippen LogP contribution >= 0.6 is 0 Å². The van der Waals surface area contributed by atoms with Gasteiger partial charge in [0.2, 0.25) is 5.91 Å². The number of nitrogens with two attached hydrogens (primary N) is 1. The van der Waals surface area contributed by atoms with Crippen LogP contribution in [0, 0.1) is 17.4 Å². The molecule has 137 valence electrons. The van der Waals surface area contributed by atoms with Crippen LogP contribution in [0.25, 0.3) is 21.8 Å². The molecule has 0 bridgehead atoms. The van der Waals surface area contributed by atoms with Crippen molar-refractivity contribution in [2.45, 2.75) is 26.3 Å². The van der Waals surface area contributed by atoms with Gasteiger partial charge in [0, 0.05) is 22.9 Å². The first-order valence-corrected chi connectivity index (χ1v) is 9.37. The second-order valence-corrected chi connectivity index (χ2v) is 6.94. The zero-order valence-corrected chi connectivity index (χ0v) is 15.7. The minimum Gasteiger partial charge on any atom is -0.366 e. The lowest BCUT2D eigenvalue weighted by atomic mass is 10.0. The molecule has 0 aliphatic heterocycles. The Morgan fingerprint density at radius 1 is 1.18 bits per heavy atom. The molecule has 0 aliphatic rings. The number of aromatic nitrogens is 1. The maximum atomic E-state index is 12.1. The van der Waals surface area contributed by atoms with Crippen molar-refractivity contribution in [1.82, 2.24) is 4.57 Å². The fourth-order valence-corrected chi connectivity index (χ4v) is 3.85. The fourth-order valence-electron chi connectivity index (χ4n) is 3.85. The molecule has 4 nitrogen and oxygen atoms in total. The first-order valence-electron chi connectivity index (χ1n) is 9.37. The van der Waals surface area contributed by atoms with E-state index in [1.165, 1.54) is 5.56 Å². The number of fused-ring (bicyclic) bond motifs is 3. The molecule has 4 heteroatoms. The van der Waals surface area contributed by atoms with Gasteiger partial charge in [0.05, 0.1) is 22.7 Å². The minimum atomic E-state index is -0.451. The molecule has 0 spiro atoms. The summed E-state index contributed by atoms with van der Waals surface area (Å²) in [7, 11) is 0. The zero-order chi connectivity index (χ0) is 19.7. The van der Waals surface area contributed by atoms with Crippen LogP contribution in [0.3, 0.4) is 0 Å². The Hall–Kier alpha value is -3.58. The highest BCUT2D eigenvalue weighted by atomic mass is 16.1. The normalized spacial score (nSPS) is 11.0. The Balaban J connectivity index is 2.04. The SMILES string of the molecule is CCCc1c[c]c2c3c(C(N)=O)cccc3n(Cc3ccccc3C#N)c2c1. The van der Waals surface area contributed by atoms with Gasteiger partial charge in [-0.25, -0.2) is 0 Å². The average Bonchev–Trinajstić information content (AvgIpc) is 3.02. The summed E-state index contributed by atoms with van der Waals surface area (Å²) in [6, 6.07) is 23.0. The molecule has 0 aliphatic carbocycles. The van der Waals surface area contributed by atoms with Gasteiger partial charge in [-0.05, 0) is 47.9 Å². The largest absolute Gasteiger partial charge is 0.366 e. The number of nitrogens with zero attached hydrogens (tertiary/aromatic N) is 2. The van der Waals surface area contributed by atoms with Crippen LogP contribution in [0.2, 0.25) is 0 Å². The summed E-state index contributed by atoms with van der Waals surface area (Å²) in [5.41, 5.74) is 10.9. The van der Waals surface area contributed by atoms with Crippen molar-refractivity contribution in [1.29, 1.82) is 5.26 Å². The van der Waals surface area contributed by atoms with Gasteiger partial charge < -0.3 is 10.3 Å². The van der Waals surface area contributed by atoms with Gasteiger partial charge in [-0.3, -0.25) is 4.79 Å². The van der Waals surface area contributed by atoms with Crippen molar-refractivity contribution in [2.75, 3.05) is 0 Å². The van der Waals surface area contributed by atoms with E-state index in [0.29, 0.717) is 17.7 Å². The van der Waals surface area contributed by atoms with Gasteiger partial charge in [-0.15, -0.1) is 0 Å². The molecular formula is C24H20N3O. The van der Waals surface area contributed by atoms with E-state index < -0.39 is 5.91 Å². The summed E-state index contributed by atoms with van der Waals surface area (Å²) in [4.78, 5) is 12.1. The molecule has 1 radical (unpaired) electrons. The van der Waals surface area contributed by atoms with Gasteiger partial charge in [-0.1, -0.05) is 43.7 Å². The van der Waals surface area contributed by atoms with E-state index in [0.717, 1.165) is 40.2 Å². The van der Waals surface area contributed by atoms with E-state index >= 15 is 0 Å². The summed E-state index contributed by atoms with van der Waals surface area (Å²) in [5.74, 6) is -0.451. The number of nitriles is 1. The third-order valence-corrected chi connectivity index (χ3v) is 5.12. The monoisotopic (exact) mass is 366 g/mol. The van der Waals surface area contributed by atoms with Crippen LogP contribution in [-0.4, -0.2) is 10.5 Å². The lowest BCUT2D eigenvalue weighted by molar-refractivity contribution is 0.100. The predicted octanol–water partition coefficient (Wildman–Crippen LogP) is 4.57. The number of rotatable bonds is 5. The molecule has 0 saturated carbocycles. The molecule has 0 atom stereocenters. The minimum absolute atomic E-state index is 0.451. The van der Waals surface area contributed by atoms with Crippen LogP contribution in [0.1, 0.15) is 40.4 Å². The summed E-state index contributed by atoms with van der Waals surface area (Å²) in [5, 5.41) is 11.2. The van der Waals surface area contributed by atoms with Gasteiger partial charge in [-0.2, -0.15) is 5.26 Å². The van der Waals surface area contributed by atoms with Crippen LogP contribution in [-0.2, 0) is 13.0 Å². The number of carbonyl (C=O) groups excluding carboxylic acids is 1. The number of hydrogen-bond acceptors (Lipinski definition) is 2. The van der Waals surface area contributed by atoms with E-state index in [1.807, 2.05) is 42.5 Å². The molecule has 0 saturated heterocycles. The number of benzene rings is 3. The van der Waals surface area contributed by atoms with Crippen LogP contribution in [0.5, 0.6) is 0 Å². The van der Waals surface area contributed by atoms with Crippen molar-refractivity contribution < 1.29 is 4.79 Å². The highest BCUT2D eigenvalue weighted by Crippen LogP contribution is 2.33. The highest BCUT2D eigenvalue weighted by Gasteiger charge is 2.17. The van der Waals surface area contributed by atoms with Crippen molar-refractivity contribution in [2.24, 2.45) is 5.73 Å². The molecule has 0 fully saturated rings. The molecule has 0 unspecified atom stereocenters. The van der Waals surface area contributed by atoms with Gasteiger partial charge in [0.15, 0.2) is 0 Å². The van der Waals surface area contributed by atoms with Gasteiger partial charge >= 0.3 is 0 Å². The van der Waals surface area contributed by atoms with Gasteiger partial charge in [0.25, 0.3) is 0 Å². The molecule has 28 heavy (non-hydrogen) atoms. The molecule has 3 aromatic carbocycles. The number of carbonyl (C=O) groups is 1. The molecule has 1 aromatic heterocycles. The zero-order valence-electron chi connectivity index (χ0n) is 15.7. The number of hydrogen-bond donors (Lipinski definition) is 1. The molecular weight excluding hydrogens is 346 g/mol. The second-order valence-electron chi connectivity index (χ2n) is 6.94. The fraction of sp³-hybridized carbons (Fsp3) is 0.167. The Morgan fingerprint density at radius 3 is 2.75 bits per heavy atom. The summed E-state index contributed by atoms with van der Waals surface area (Å²) in [6.07, 6.45) is 2.01. The smallest absolute Gasteiger partial charge is 0.249 e. The van der Waals surface area contributed by atoms with E-state index in [-0.39, 0.29) is 0 Å². The Bertz CT molecular complexity index is 1240. The molecule has 1 amide bonds. The highest BCUT2D eigenvalue weighted by molar-refractivity contribution is 6.17. The standard InChI is InChI=1S/C24H20N3O/c1-2-6-16-11-12-19-22(13-16)27(15-18-8-4-3-7-17(18)14-25)21-10-5-9-20(23(19)21)24(26)28/h3-5,7-11,13H,2,6,15H2,1H3,(H2,26,28). The molecule has 4 aromatic rings. The maximum absolute atomic E-state index is 12.1. The van der Waals surface area contributed by atoms with Gasteiger partial charge in [0.1, 0.15) is 0 Å². The van der Waals surface area contributed by atoms with E-state index in [4.69, 9.17) is 5.73 Å². The summed E-state index contributed by atoms with van der Waals surface area (Å²) in [6.45, 7) is 2.68. The van der Waals surface area contributed by atoms with Crippen LogP contribution in [0.4, 0.5) is 0 Å². The van der Waals surface area contributed by atoms with Crippen LogP contribution in [0.15, 0.2) is 54.6 Å². The summed E-state index contributed by atoms with van der Waals surface area (Å²) >= 11 is 0. The lowest BCUT2D eigenvalue weighted by Crippen LogP contribution is -2.11. The topological polar surface area (TPSA) is 71.8 Å². The third-order valence-electron chi connectivity index (χ3n) is 5.12. The Kier molecular flexibility index (Phi) is 4.58. The van der Waals surface area contributed by atoms with Crippen molar-refractivity contribution >= 4 is 27.7 Å². The lowest BCUT2D eigenvalue weighted by Gasteiger charge is -2.10. The Labute approximate surface area is 163 Å². The van der Waals surface area contributed by atoms with Crippen LogP contribution < -0.4 is 5.73 Å². The average molecular weight is 366 g/mol. The first-order chi connectivity index (χ1) is 13.6. The molecule has 4 rings (SSSR count). The molecule has 1 heterocycles. The van der Waals surface area contributed by atoms with E-state index in [2.05, 4.69) is 29.7 Å². The van der Waals surface area contributed by atoms with Crippen molar-refractivity contribution in [3.05, 3.63) is 82.9 Å². The van der Waals surface area contributed by atoms with E-state index in [9.17, 15) is 10.1 Å². The predicted molar refractivity (Wildman–Crippen MR) is 111 cm³/mol. The van der Waals surface area contributed by atoms with Crippen molar-refractivity contribution in [3.8, 4) is 6.07 Å². The second kappa shape index (κ2) is 7.21. The van der Waals surface area contributed by atoms with E-state index in [1.54, 1.807) is 6.07 Å². The molecule has 2 N–H and O–H groups in total. The quantitative estimate of drug-likeness (QED) is 0.562. The maximum Gasteiger partial charge on any atom is 0.249 e. The van der Waals surface area contributed by atoms with Crippen molar-refractivity contribution in [3.63, 3.8) is 0 Å².